The molecule has 1 aliphatic rings. The first kappa shape index (κ1) is 14.8. The summed E-state index contributed by atoms with van der Waals surface area (Å²) in [5.41, 5.74) is 1.15. The summed E-state index contributed by atoms with van der Waals surface area (Å²) in [5, 5.41) is 13.3. The lowest BCUT2D eigenvalue weighted by Gasteiger charge is -2.38. The van der Waals surface area contributed by atoms with Gasteiger partial charge < -0.3 is 14.5 Å². The summed E-state index contributed by atoms with van der Waals surface area (Å²) in [6.07, 6.45) is 0.796. The Balaban J connectivity index is 1.60. The van der Waals surface area contributed by atoms with Gasteiger partial charge in [-0.2, -0.15) is 4.98 Å². The molecule has 1 N–H and O–H groups in total. The van der Waals surface area contributed by atoms with E-state index < -0.39 is 0 Å². The summed E-state index contributed by atoms with van der Waals surface area (Å²) < 4.78 is 5.35. The maximum Gasteiger partial charge on any atom is 0.243 e. The summed E-state index contributed by atoms with van der Waals surface area (Å²) in [4.78, 5) is 9.12. The van der Waals surface area contributed by atoms with Gasteiger partial charge >= 0.3 is 0 Å². The van der Waals surface area contributed by atoms with Crippen LogP contribution in [0.4, 0.5) is 5.69 Å². The van der Waals surface area contributed by atoms with E-state index in [9.17, 15) is 5.11 Å². The van der Waals surface area contributed by atoms with Crippen LogP contribution in [0.3, 0.4) is 0 Å². The van der Waals surface area contributed by atoms with Crippen LogP contribution in [0, 0.1) is 0 Å². The Morgan fingerprint density at radius 3 is 2.45 bits per heavy atom. The van der Waals surface area contributed by atoms with E-state index in [1.807, 2.05) is 19.1 Å². The van der Waals surface area contributed by atoms with E-state index >= 15 is 0 Å². The lowest BCUT2D eigenvalue weighted by atomic mass is 10.2. The number of aromatic nitrogens is 2. The van der Waals surface area contributed by atoms with Gasteiger partial charge in [0.15, 0.2) is 5.82 Å². The second-order valence-corrected chi connectivity index (χ2v) is 5.62. The molecule has 0 radical (unpaired) electrons. The average molecular weight is 302 g/mol. The van der Waals surface area contributed by atoms with Gasteiger partial charge in [0.05, 0.1) is 6.04 Å². The van der Waals surface area contributed by atoms with E-state index in [2.05, 4.69) is 26.9 Å². The maximum atomic E-state index is 9.37. The lowest BCUT2D eigenvalue weighted by Crippen LogP contribution is -2.47. The Morgan fingerprint density at radius 2 is 1.86 bits per heavy atom. The van der Waals surface area contributed by atoms with E-state index in [0.29, 0.717) is 11.6 Å². The van der Waals surface area contributed by atoms with Crippen molar-refractivity contribution in [3.63, 3.8) is 0 Å². The molecular weight excluding hydrogens is 280 g/mol. The monoisotopic (exact) mass is 302 g/mol. The summed E-state index contributed by atoms with van der Waals surface area (Å²) in [7, 11) is 0. The first-order chi connectivity index (χ1) is 10.7. The molecule has 118 valence electrons. The molecule has 1 fully saturated rings. The van der Waals surface area contributed by atoms with E-state index in [1.54, 1.807) is 12.1 Å². The van der Waals surface area contributed by atoms with Crippen LogP contribution in [0.1, 0.15) is 31.6 Å². The second-order valence-electron chi connectivity index (χ2n) is 5.62. The van der Waals surface area contributed by atoms with Crippen molar-refractivity contribution in [2.75, 3.05) is 31.1 Å². The van der Waals surface area contributed by atoms with Crippen LogP contribution in [0.2, 0.25) is 0 Å². The van der Waals surface area contributed by atoms with Gasteiger partial charge in [0, 0.05) is 38.3 Å². The number of piperazine rings is 1. The quantitative estimate of drug-likeness (QED) is 0.934. The van der Waals surface area contributed by atoms with Crippen LogP contribution in [0.25, 0.3) is 0 Å². The van der Waals surface area contributed by atoms with E-state index in [4.69, 9.17) is 4.52 Å². The minimum absolute atomic E-state index is 0.148. The fraction of sp³-hybridized carbons (Fsp3) is 0.500. The minimum atomic E-state index is 0.148. The fourth-order valence-electron chi connectivity index (χ4n) is 2.77. The van der Waals surface area contributed by atoms with Crippen LogP contribution in [-0.4, -0.2) is 46.3 Å². The Labute approximate surface area is 130 Å². The Hall–Kier alpha value is -2.08. The van der Waals surface area contributed by atoms with Crippen LogP contribution < -0.4 is 4.90 Å². The SMILES string of the molecule is CCc1noc(C(C)N2CCN(c3ccc(O)cc3)CC2)n1. The topological polar surface area (TPSA) is 65.6 Å². The third kappa shape index (κ3) is 3.06. The highest BCUT2D eigenvalue weighted by Crippen LogP contribution is 2.24. The number of hydrogen-bond acceptors (Lipinski definition) is 6. The number of benzene rings is 1. The van der Waals surface area contributed by atoms with Crippen molar-refractivity contribution in [1.82, 2.24) is 15.0 Å². The molecule has 0 saturated carbocycles. The predicted octanol–water partition coefficient (Wildman–Crippen LogP) is 2.22. The average Bonchev–Trinajstić information content (AvgIpc) is 3.04. The van der Waals surface area contributed by atoms with Crippen molar-refractivity contribution in [3.05, 3.63) is 36.0 Å². The van der Waals surface area contributed by atoms with Crippen LogP contribution in [0.15, 0.2) is 28.8 Å². The van der Waals surface area contributed by atoms with Gasteiger partial charge in [0.2, 0.25) is 5.89 Å². The fourth-order valence-corrected chi connectivity index (χ4v) is 2.77. The highest BCUT2D eigenvalue weighted by molar-refractivity contribution is 5.49. The van der Waals surface area contributed by atoms with Gasteiger partial charge in [0.25, 0.3) is 0 Å². The summed E-state index contributed by atoms with van der Waals surface area (Å²) in [5.74, 6) is 1.78. The zero-order chi connectivity index (χ0) is 15.5. The third-order valence-electron chi connectivity index (χ3n) is 4.23. The van der Waals surface area contributed by atoms with Crippen molar-refractivity contribution < 1.29 is 9.63 Å². The Morgan fingerprint density at radius 1 is 1.18 bits per heavy atom. The van der Waals surface area contributed by atoms with Gasteiger partial charge in [-0.15, -0.1) is 0 Å². The van der Waals surface area contributed by atoms with Crippen molar-refractivity contribution in [3.8, 4) is 5.75 Å². The third-order valence-corrected chi connectivity index (χ3v) is 4.23. The molecule has 0 aliphatic carbocycles. The van der Waals surface area contributed by atoms with Gasteiger partial charge in [-0.1, -0.05) is 12.1 Å². The zero-order valence-electron chi connectivity index (χ0n) is 13.1. The molecule has 1 aliphatic heterocycles. The molecule has 1 aromatic heterocycles. The van der Waals surface area contributed by atoms with Gasteiger partial charge in [-0.05, 0) is 31.2 Å². The van der Waals surface area contributed by atoms with E-state index in [1.165, 1.54) is 0 Å². The number of phenols is 1. The molecule has 3 rings (SSSR count). The molecule has 6 heteroatoms. The van der Waals surface area contributed by atoms with Gasteiger partial charge in [-0.25, -0.2) is 0 Å². The number of hydrogen-bond donors (Lipinski definition) is 1. The largest absolute Gasteiger partial charge is 0.508 e. The molecule has 0 amide bonds. The van der Waals surface area contributed by atoms with Crippen LogP contribution in [0.5, 0.6) is 5.75 Å². The number of aromatic hydroxyl groups is 1. The van der Waals surface area contributed by atoms with Crippen molar-refractivity contribution >= 4 is 5.69 Å². The second kappa shape index (κ2) is 6.36. The smallest absolute Gasteiger partial charge is 0.243 e. The number of anilines is 1. The first-order valence-electron chi connectivity index (χ1n) is 7.78. The molecule has 1 unspecified atom stereocenters. The predicted molar refractivity (Wildman–Crippen MR) is 84.0 cm³/mol. The first-order valence-corrected chi connectivity index (χ1v) is 7.78. The van der Waals surface area contributed by atoms with E-state index in [-0.39, 0.29) is 6.04 Å². The van der Waals surface area contributed by atoms with E-state index in [0.717, 1.165) is 44.1 Å². The highest BCUT2D eigenvalue weighted by atomic mass is 16.5. The number of phenolic OH excluding ortho intramolecular Hbond substituents is 1. The Kier molecular flexibility index (Phi) is 4.29. The molecule has 1 atom stereocenters. The molecule has 6 nitrogen and oxygen atoms in total. The number of nitrogens with zero attached hydrogens (tertiary/aromatic N) is 4. The van der Waals surface area contributed by atoms with Crippen molar-refractivity contribution in [1.29, 1.82) is 0 Å². The molecule has 2 aromatic rings. The molecule has 0 spiro atoms. The summed E-state index contributed by atoms with van der Waals surface area (Å²) in [6, 6.07) is 7.53. The normalized spacial score (nSPS) is 17.6. The maximum absolute atomic E-state index is 9.37. The zero-order valence-corrected chi connectivity index (χ0v) is 13.1. The summed E-state index contributed by atoms with van der Waals surface area (Å²) >= 11 is 0. The highest BCUT2D eigenvalue weighted by Gasteiger charge is 2.25. The molecule has 22 heavy (non-hydrogen) atoms. The Bertz CT molecular complexity index is 603. The molecule has 1 aromatic carbocycles. The van der Waals surface area contributed by atoms with Crippen molar-refractivity contribution in [2.45, 2.75) is 26.3 Å². The lowest BCUT2D eigenvalue weighted by molar-refractivity contribution is 0.164. The molecule has 2 heterocycles. The number of aryl methyl sites for hydroxylation is 1. The van der Waals surface area contributed by atoms with Crippen molar-refractivity contribution in [2.24, 2.45) is 0 Å². The van der Waals surface area contributed by atoms with Gasteiger partial charge in [0.1, 0.15) is 5.75 Å². The van der Waals surface area contributed by atoms with Gasteiger partial charge in [-0.3, -0.25) is 4.90 Å². The molecular formula is C16H22N4O2. The molecule has 1 saturated heterocycles. The number of rotatable bonds is 4. The minimum Gasteiger partial charge on any atom is -0.508 e. The van der Waals surface area contributed by atoms with Crippen LogP contribution in [-0.2, 0) is 6.42 Å². The standard InChI is InChI=1S/C16H22N4O2/c1-3-15-17-16(22-18-15)12(2)19-8-10-20(11-9-19)13-4-6-14(21)7-5-13/h4-7,12,21H,3,8-11H2,1-2H3. The molecule has 0 bridgehead atoms. The van der Waals surface area contributed by atoms with Crippen LogP contribution >= 0.6 is 0 Å². The summed E-state index contributed by atoms with van der Waals surface area (Å²) in [6.45, 7) is 7.93.